The fourth-order valence-electron chi connectivity index (χ4n) is 1.40. The lowest BCUT2D eigenvalue weighted by atomic mass is 9.93. The maximum atomic E-state index is 11.4. The van der Waals surface area contributed by atoms with Gasteiger partial charge in [-0.2, -0.15) is 0 Å². The van der Waals surface area contributed by atoms with Crippen LogP contribution in [0.25, 0.3) is 0 Å². The van der Waals surface area contributed by atoms with Gasteiger partial charge >= 0.3 is 0 Å². The molecular formula is C9H18N2O2. The number of nitrogens with two attached hydrogens (primary N) is 1. The zero-order chi connectivity index (χ0) is 9.84. The summed E-state index contributed by atoms with van der Waals surface area (Å²) in [6, 6.07) is 0.200. The molecule has 4 heteroatoms. The molecule has 1 aliphatic heterocycles. The lowest BCUT2D eigenvalue weighted by molar-refractivity contribution is -0.138. The molecule has 76 valence electrons. The molecule has 1 amide bonds. The van der Waals surface area contributed by atoms with Crippen molar-refractivity contribution in [3.8, 4) is 0 Å². The lowest BCUT2D eigenvalue weighted by Gasteiger charge is -2.41. The highest BCUT2D eigenvalue weighted by atomic mass is 16.5. The van der Waals surface area contributed by atoms with Crippen LogP contribution in [-0.4, -0.2) is 43.7 Å². The number of nitrogens with zero attached hydrogens (tertiary/aromatic N) is 1. The fraction of sp³-hybridized carbons (Fsp3) is 0.889. The predicted molar refractivity (Wildman–Crippen MR) is 50.2 cm³/mol. The summed E-state index contributed by atoms with van der Waals surface area (Å²) in [7, 11) is 1.61. The van der Waals surface area contributed by atoms with Crippen LogP contribution in [-0.2, 0) is 9.53 Å². The minimum absolute atomic E-state index is 0.179. The van der Waals surface area contributed by atoms with Gasteiger partial charge in [-0.1, -0.05) is 0 Å². The van der Waals surface area contributed by atoms with Crippen molar-refractivity contribution in [3.63, 3.8) is 0 Å². The standard InChI is InChI=1S/C9H18N2O2/c1-7(10)8-5-11(6-8)9(12)3-4-13-2/h7-8H,3-6,10H2,1-2H3. The van der Waals surface area contributed by atoms with Crippen LogP contribution in [0.4, 0.5) is 0 Å². The van der Waals surface area contributed by atoms with Crippen LogP contribution in [0.3, 0.4) is 0 Å². The van der Waals surface area contributed by atoms with Gasteiger partial charge in [0.2, 0.25) is 5.91 Å². The minimum atomic E-state index is 0.179. The number of ether oxygens (including phenoxy) is 1. The SMILES string of the molecule is COCCC(=O)N1CC(C(C)N)C1. The van der Waals surface area contributed by atoms with E-state index in [4.69, 9.17) is 10.5 Å². The van der Waals surface area contributed by atoms with Crippen molar-refractivity contribution in [1.29, 1.82) is 0 Å². The third-order valence-electron chi connectivity index (χ3n) is 2.53. The molecule has 1 aliphatic rings. The van der Waals surface area contributed by atoms with E-state index in [1.54, 1.807) is 7.11 Å². The number of carbonyl (C=O) groups is 1. The first-order chi connectivity index (χ1) is 6.15. The second-order valence-corrected chi connectivity index (χ2v) is 3.66. The molecule has 0 aromatic heterocycles. The summed E-state index contributed by atoms with van der Waals surface area (Å²) in [5, 5.41) is 0. The molecule has 1 atom stereocenters. The number of hydrogen-bond donors (Lipinski definition) is 1. The van der Waals surface area contributed by atoms with Gasteiger partial charge < -0.3 is 15.4 Å². The van der Waals surface area contributed by atoms with E-state index in [-0.39, 0.29) is 11.9 Å². The zero-order valence-electron chi connectivity index (χ0n) is 8.32. The normalized spacial score (nSPS) is 19.8. The van der Waals surface area contributed by atoms with Crippen molar-refractivity contribution in [2.75, 3.05) is 26.8 Å². The Morgan fingerprint density at radius 3 is 2.77 bits per heavy atom. The van der Waals surface area contributed by atoms with Crippen LogP contribution >= 0.6 is 0 Å². The molecule has 1 fully saturated rings. The number of methoxy groups -OCH3 is 1. The molecule has 0 bridgehead atoms. The van der Waals surface area contributed by atoms with E-state index in [1.165, 1.54) is 0 Å². The first-order valence-electron chi connectivity index (χ1n) is 4.67. The summed E-state index contributed by atoms with van der Waals surface area (Å²) in [4.78, 5) is 13.2. The summed E-state index contributed by atoms with van der Waals surface area (Å²) < 4.78 is 4.83. The molecule has 0 radical (unpaired) electrons. The maximum absolute atomic E-state index is 11.4. The Morgan fingerprint density at radius 2 is 2.31 bits per heavy atom. The van der Waals surface area contributed by atoms with Gasteiger partial charge in [-0.05, 0) is 6.92 Å². The molecule has 0 aromatic rings. The molecule has 1 rings (SSSR count). The van der Waals surface area contributed by atoms with E-state index in [1.807, 2.05) is 11.8 Å². The molecular weight excluding hydrogens is 168 g/mol. The van der Waals surface area contributed by atoms with Crippen molar-refractivity contribution in [3.05, 3.63) is 0 Å². The van der Waals surface area contributed by atoms with Crippen LogP contribution in [0.5, 0.6) is 0 Å². The van der Waals surface area contributed by atoms with Crippen molar-refractivity contribution in [2.24, 2.45) is 11.7 Å². The third-order valence-corrected chi connectivity index (χ3v) is 2.53. The Labute approximate surface area is 79.0 Å². The van der Waals surface area contributed by atoms with E-state index < -0.39 is 0 Å². The summed E-state index contributed by atoms with van der Waals surface area (Å²) in [5.74, 6) is 0.672. The topological polar surface area (TPSA) is 55.6 Å². The third kappa shape index (κ3) is 2.67. The van der Waals surface area contributed by atoms with E-state index in [0.29, 0.717) is 18.9 Å². The summed E-state index contributed by atoms with van der Waals surface area (Å²) in [6.07, 6.45) is 0.488. The van der Waals surface area contributed by atoms with Gasteiger partial charge in [0.15, 0.2) is 0 Å². The van der Waals surface area contributed by atoms with Crippen molar-refractivity contribution in [2.45, 2.75) is 19.4 Å². The Bertz CT molecular complexity index is 176. The molecule has 4 nitrogen and oxygen atoms in total. The molecule has 1 heterocycles. The Morgan fingerprint density at radius 1 is 1.69 bits per heavy atom. The molecule has 0 aliphatic carbocycles. The average Bonchev–Trinajstić information content (AvgIpc) is 1.97. The fourth-order valence-corrected chi connectivity index (χ4v) is 1.40. The first kappa shape index (κ1) is 10.5. The number of carbonyl (C=O) groups excluding carboxylic acids is 1. The van der Waals surface area contributed by atoms with E-state index in [0.717, 1.165) is 13.1 Å². The smallest absolute Gasteiger partial charge is 0.224 e. The van der Waals surface area contributed by atoms with Crippen molar-refractivity contribution >= 4 is 5.91 Å². The van der Waals surface area contributed by atoms with Gasteiger partial charge in [0.25, 0.3) is 0 Å². The van der Waals surface area contributed by atoms with Gasteiger partial charge in [-0.3, -0.25) is 4.79 Å². The van der Waals surface area contributed by atoms with Gasteiger partial charge in [0, 0.05) is 32.2 Å². The van der Waals surface area contributed by atoms with Crippen LogP contribution < -0.4 is 5.73 Å². The van der Waals surface area contributed by atoms with Gasteiger partial charge in [0.1, 0.15) is 0 Å². The maximum Gasteiger partial charge on any atom is 0.224 e. The highest BCUT2D eigenvalue weighted by Crippen LogP contribution is 2.18. The second-order valence-electron chi connectivity index (χ2n) is 3.66. The minimum Gasteiger partial charge on any atom is -0.384 e. The molecule has 0 saturated carbocycles. The number of amides is 1. The number of rotatable bonds is 4. The van der Waals surface area contributed by atoms with Gasteiger partial charge in [0.05, 0.1) is 13.0 Å². The number of likely N-dealkylation sites (tertiary alicyclic amines) is 1. The average molecular weight is 186 g/mol. The second kappa shape index (κ2) is 4.58. The van der Waals surface area contributed by atoms with Crippen LogP contribution in [0.15, 0.2) is 0 Å². The van der Waals surface area contributed by atoms with Crippen LogP contribution in [0.1, 0.15) is 13.3 Å². The van der Waals surface area contributed by atoms with Crippen LogP contribution in [0, 0.1) is 5.92 Å². The quantitative estimate of drug-likeness (QED) is 0.663. The Balaban J connectivity index is 2.15. The van der Waals surface area contributed by atoms with Crippen molar-refractivity contribution in [1.82, 2.24) is 4.90 Å². The Hall–Kier alpha value is -0.610. The molecule has 0 aromatic carbocycles. The van der Waals surface area contributed by atoms with E-state index >= 15 is 0 Å². The van der Waals surface area contributed by atoms with Crippen molar-refractivity contribution < 1.29 is 9.53 Å². The summed E-state index contributed by atoms with van der Waals surface area (Å²) in [5.41, 5.74) is 5.70. The van der Waals surface area contributed by atoms with E-state index in [9.17, 15) is 4.79 Å². The van der Waals surface area contributed by atoms with E-state index in [2.05, 4.69) is 0 Å². The molecule has 1 saturated heterocycles. The van der Waals surface area contributed by atoms with Gasteiger partial charge in [-0.15, -0.1) is 0 Å². The Kier molecular flexibility index (Phi) is 3.69. The first-order valence-corrected chi connectivity index (χ1v) is 4.67. The summed E-state index contributed by atoms with van der Waals surface area (Å²) in [6.45, 7) is 4.14. The summed E-state index contributed by atoms with van der Waals surface area (Å²) >= 11 is 0. The highest BCUT2D eigenvalue weighted by molar-refractivity contribution is 5.77. The van der Waals surface area contributed by atoms with Crippen LogP contribution in [0.2, 0.25) is 0 Å². The lowest BCUT2D eigenvalue weighted by Crippen LogP contribution is -2.55. The molecule has 13 heavy (non-hydrogen) atoms. The van der Waals surface area contributed by atoms with Gasteiger partial charge in [-0.25, -0.2) is 0 Å². The largest absolute Gasteiger partial charge is 0.384 e. The zero-order valence-corrected chi connectivity index (χ0v) is 8.32. The molecule has 1 unspecified atom stereocenters. The molecule has 2 N–H and O–H groups in total. The highest BCUT2D eigenvalue weighted by Gasteiger charge is 2.32. The monoisotopic (exact) mass is 186 g/mol. The predicted octanol–water partition coefficient (Wildman–Crippen LogP) is -0.171. The molecule has 0 spiro atoms. The number of hydrogen-bond acceptors (Lipinski definition) is 3.